The highest BCUT2D eigenvalue weighted by Gasteiger charge is 2.28. The van der Waals surface area contributed by atoms with Crippen molar-refractivity contribution in [2.75, 3.05) is 33.4 Å². The molecule has 1 fully saturated rings. The molecule has 0 radical (unpaired) electrons. The second-order valence-electron chi connectivity index (χ2n) is 5.37. The summed E-state index contributed by atoms with van der Waals surface area (Å²) in [6.07, 6.45) is 2.36. The Kier molecular flexibility index (Phi) is 6.26. The van der Waals surface area contributed by atoms with Crippen LogP contribution in [0.1, 0.15) is 22.9 Å². The Morgan fingerprint density at radius 3 is 2.95 bits per heavy atom. The van der Waals surface area contributed by atoms with E-state index < -0.39 is 0 Å². The van der Waals surface area contributed by atoms with Crippen LogP contribution in [0, 0.1) is 12.8 Å². The molecular weight excluding hydrogens is 304 g/mol. The summed E-state index contributed by atoms with van der Waals surface area (Å²) in [6, 6.07) is 0. The third kappa shape index (κ3) is 4.74. The van der Waals surface area contributed by atoms with Crippen LogP contribution in [0.4, 0.5) is 0 Å². The fraction of sp³-hybridized carbons (Fsp3) is 0.714. The van der Waals surface area contributed by atoms with Gasteiger partial charge in [-0.25, -0.2) is 0 Å². The maximum Gasteiger partial charge on any atom is 0.248 e. The average Bonchev–Trinajstić information content (AvgIpc) is 2.93. The van der Waals surface area contributed by atoms with Crippen molar-refractivity contribution >= 4 is 23.2 Å². The van der Waals surface area contributed by atoms with E-state index in [1.54, 1.807) is 16.2 Å². The Hall–Kier alpha value is -1.54. The van der Waals surface area contributed by atoms with E-state index in [2.05, 4.69) is 15.5 Å². The number of likely N-dealkylation sites (tertiary alicyclic amines) is 1. The molecule has 0 spiro atoms. The molecule has 1 N–H and O–H groups in total. The molecule has 8 heteroatoms. The van der Waals surface area contributed by atoms with Crippen LogP contribution in [-0.2, 0) is 20.7 Å². The van der Waals surface area contributed by atoms with Gasteiger partial charge in [-0.15, -0.1) is 21.5 Å². The molecule has 2 rings (SSSR count). The van der Waals surface area contributed by atoms with Gasteiger partial charge in [-0.1, -0.05) is 0 Å². The summed E-state index contributed by atoms with van der Waals surface area (Å²) in [5, 5.41) is 12.8. The molecule has 0 aromatic carbocycles. The molecule has 1 aliphatic rings. The molecule has 0 aliphatic carbocycles. The standard InChI is InChI=1S/C14H22N4O3S/c1-10-16-17-12(22-10)5-6-15-14(20)11-4-3-7-18(8-11)13(19)9-21-2/h11H,3-9H2,1-2H3,(H,15,20)/t11-/m0/s1. The zero-order valence-corrected chi connectivity index (χ0v) is 13.8. The molecule has 0 saturated carbocycles. The lowest BCUT2D eigenvalue weighted by Crippen LogP contribution is -2.46. The summed E-state index contributed by atoms with van der Waals surface area (Å²) < 4.78 is 4.86. The first-order valence-corrected chi connectivity index (χ1v) is 8.25. The smallest absolute Gasteiger partial charge is 0.248 e. The summed E-state index contributed by atoms with van der Waals surface area (Å²) >= 11 is 1.54. The first-order chi connectivity index (χ1) is 10.6. The van der Waals surface area contributed by atoms with Crippen LogP contribution in [0.2, 0.25) is 0 Å². The number of rotatable bonds is 6. The molecular formula is C14H22N4O3S. The van der Waals surface area contributed by atoms with Gasteiger partial charge >= 0.3 is 0 Å². The summed E-state index contributed by atoms with van der Waals surface area (Å²) in [5.41, 5.74) is 0. The first-order valence-electron chi connectivity index (χ1n) is 7.43. The van der Waals surface area contributed by atoms with Crippen LogP contribution in [-0.4, -0.2) is 60.3 Å². The lowest BCUT2D eigenvalue weighted by atomic mass is 9.97. The third-order valence-electron chi connectivity index (χ3n) is 3.62. The zero-order chi connectivity index (χ0) is 15.9. The van der Waals surface area contributed by atoms with Gasteiger partial charge in [0.2, 0.25) is 11.8 Å². The summed E-state index contributed by atoms with van der Waals surface area (Å²) in [4.78, 5) is 25.7. The van der Waals surface area contributed by atoms with Gasteiger partial charge in [-0.3, -0.25) is 9.59 Å². The number of nitrogens with one attached hydrogen (secondary N) is 1. The van der Waals surface area contributed by atoms with Crippen LogP contribution < -0.4 is 5.32 Å². The van der Waals surface area contributed by atoms with Crippen molar-refractivity contribution in [3.63, 3.8) is 0 Å². The molecule has 0 bridgehead atoms. The van der Waals surface area contributed by atoms with Crippen molar-refractivity contribution in [3.8, 4) is 0 Å². The number of amides is 2. The third-order valence-corrected chi connectivity index (χ3v) is 4.52. The summed E-state index contributed by atoms with van der Waals surface area (Å²) in [6.45, 7) is 3.72. The van der Waals surface area contributed by atoms with E-state index in [1.165, 1.54) is 7.11 Å². The second-order valence-corrected chi connectivity index (χ2v) is 6.63. The molecule has 0 unspecified atom stereocenters. The second kappa shape index (κ2) is 8.19. The Labute approximate surface area is 134 Å². The van der Waals surface area contributed by atoms with Crippen LogP contribution >= 0.6 is 11.3 Å². The van der Waals surface area contributed by atoms with Gasteiger partial charge in [0.05, 0.1) is 5.92 Å². The van der Waals surface area contributed by atoms with Crippen molar-refractivity contribution in [1.29, 1.82) is 0 Å². The number of hydrogen-bond acceptors (Lipinski definition) is 6. The highest BCUT2D eigenvalue weighted by Crippen LogP contribution is 2.17. The maximum atomic E-state index is 12.2. The summed E-state index contributed by atoms with van der Waals surface area (Å²) in [5.74, 6) is -0.175. The number of aryl methyl sites for hydroxylation is 1. The van der Waals surface area contributed by atoms with Gasteiger partial charge in [-0.05, 0) is 19.8 Å². The van der Waals surface area contributed by atoms with E-state index in [0.29, 0.717) is 26.1 Å². The molecule has 1 saturated heterocycles. The summed E-state index contributed by atoms with van der Waals surface area (Å²) in [7, 11) is 1.50. The fourth-order valence-electron chi connectivity index (χ4n) is 2.51. The number of ether oxygens (including phenoxy) is 1. The molecule has 2 amide bonds. The molecule has 7 nitrogen and oxygen atoms in total. The highest BCUT2D eigenvalue weighted by molar-refractivity contribution is 7.11. The van der Waals surface area contributed by atoms with E-state index in [-0.39, 0.29) is 24.3 Å². The predicted molar refractivity (Wildman–Crippen MR) is 82.5 cm³/mol. The predicted octanol–water partition coefficient (Wildman–Crippen LogP) is 0.390. The van der Waals surface area contributed by atoms with Crippen LogP contribution in [0.25, 0.3) is 0 Å². The topological polar surface area (TPSA) is 84.4 Å². The molecule has 1 aromatic rings. The Balaban J connectivity index is 1.75. The van der Waals surface area contributed by atoms with Crippen LogP contribution in [0.5, 0.6) is 0 Å². The fourth-order valence-corrected chi connectivity index (χ4v) is 3.22. The van der Waals surface area contributed by atoms with E-state index in [0.717, 1.165) is 22.9 Å². The van der Waals surface area contributed by atoms with E-state index in [4.69, 9.17) is 4.74 Å². The Morgan fingerprint density at radius 1 is 1.45 bits per heavy atom. The largest absolute Gasteiger partial charge is 0.375 e. The molecule has 2 heterocycles. The number of aromatic nitrogens is 2. The maximum absolute atomic E-state index is 12.2. The van der Waals surface area contributed by atoms with Gasteiger partial charge in [0.1, 0.15) is 16.6 Å². The molecule has 1 atom stereocenters. The molecule has 1 aliphatic heterocycles. The van der Waals surface area contributed by atoms with Gasteiger partial charge < -0.3 is 15.0 Å². The van der Waals surface area contributed by atoms with Crippen molar-refractivity contribution < 1.29 is 14.3 Å². The minimum absolute atomic E-state index is 0.0103. The number of nitrogens with zero attached hydrogens (tertiary/aromatic N) is 3. The first kappa shape index (κ1) is 16.8. The van der Waals surface area contributed by atoms with Crippen molar-refractivity contribution in [2.45, 2.75) is 26.2 Å². The molecule has 22 heavy (non-hydrogen) atoms. The molecule has 122 valence electrons. The van der Waals surface area contributed by atoms with Gasteiger partial charge in [0.25, 0.3) is 0 Å². The average molecular weight is 326 g/mol. The lowest BCUT2D eigenvalue weighted by Gasteiger charge is -2.31. The van der Waals surface area contributed by atoms with Gasteiger partial charge in [0, 0.05) is 33.2 Å². The lowest BCUT2D eigenvalue weighted by molar-refractivity contribution is -0.138. The van der Waals surface area contributed by atoms with Crippen LogP contribution in [0.15, 0.2) is 0 Å². The Bertz CT molecular complexity index is 520. The number of methoxy groups -OCH3 is 1. The van der Waals surface area contributed by atoms with E-state index >= 15 is 0 Å². The monoisotopic (exact) mass is 326 g/mol. The number of carbonyl (C=O) groups is 2. The van der Waals surface area contributed by atoms with Crippen molar-refractivity contribution in [2.24, 2.45) is 5.92 Å². The zero-order valence-electron chi connectivity index (χ0n) is 13.0. The van der Waals surface area contributed by atoms with Crippen molar-refractivity contribution in [3.05, 3.63) is 10.0 Å². The SMILES string of the molecule is COCC(=O)N1CCC[C@H](C(=O)NCCc2nnc(C)s2)C1. The van der Waals surface area contributed by atoms with E-state index in [9.17, 15) is 9.59 Å². The molecule has 1 aromatic heterocycles. The number of hydrogen-bond donors (Lipinski definition) is 1. The highest BCUT2D eigenvalue weighted by atomic mass is 32.1. The number of carbonyl (C=O) groups excluding carboxylic acids is 2. The minimum Gasteiger partial charge on any atom is -0.375 e. The Morgan fingerprint density at radius 2 is 2.27 bits per heavy atom. The van der Waals surface area contributed by atoms with Crippen molar-refractivity contribution in [1.82, 2.24) is 20.4 Å². The quantitative estimate of drug-likeness (QED) is 0.817. The number of piperidine rings is 1. The van der Waals surface area contributed by atoms with E-state index in [1.807, 2.05) is 6.92 Å². The van der Waals surface area contributed by atoms with Crippen LogP contribution in [0.3, 0.4) is 0 Å². The van der Waals surface area contributed by atoms with Gasteiger partial charge in [0.15, 0.2) is 0 Å². The normalized spacial score (nSPS) is 18.3. The van der Waals surface area contributed by atoms with Gasteiger partial charge in [-0.2, -0.15) is 0 Å². The minimum atomic E-state index is -0.134.